The van der Waals surface area contributed by atoms with Crippen molar-refractivity contribution in [1.82, 2.24) is 5.32 Å². The third-order valence-corrected chi connectivity index (χ3v) is 6.63. The fourth-order valence-corrected chi connectivity index (χ4v) is 5.17. The first-order valence-corrected chi connectivity index (χ1v) is 10.5. The first-order chi connectivity index (χ1) is 14.0. The van der Waals surface area contributed by atoms with E-state index in [0.29, 0.717) is 17.1 Å². The Morgan fingerprint density at radius 3 is 2.69 bits per heavy atom. The van der Waals surface area contributed by atoms with Crippen LogP contribution in [0.2, 0.25) is 0 Å². The molecule has 0 saturated heterocycles. The predicted octanol–water partition coefficient (Wildman–Crippen LogP) is 4.07. The molecule has 1 aromatic heterocycles. The Bertz CT molecular complexity index is 904. The van der Waals surface area contributed by atoms with Gasteiger partial charge in [0.25, 0.3) is 5.91 Å². The van der Waals surface area contributed by atoms with Gasteiger partial charge in [0, 0.05) is 24.1 Å². The number of esters is 1. The number of nitrogens with one attached hydrogen (secondary N) is 1. The van der Waals surface area contributed by atoms with Crippen molar-refractivity contribution in [1.29, 1.82) is 0 Å². The summed E-state index contributed by atoms with van der Waals surface area (Å²) in [6.45, 7) is 3.89. The zero-order valence-electron chi connectivity index (χ0n) is 17.3. The van der Waals surface area contributed by atoms with Gasteiger partial charge in [-0.2, -0.15) is 0 Å². The Morgan fingerprint density at radius 2 is 2.00 bits per heavy atom. The van der Waals surface area contributed by atoms with Crippen molar-refractivity contribution < 1.29 is 23.5 Å². The molecule has 2 bridgehead atoms. The average molecular weight is 399 g/mol. The van der Waals surface area contributed by atoms with Crippen LogP contribution < -0.4 is 5.32 Å². The maximum absolute atomic E-state index is 12.7. The van der Waals surface area contributed by atoms with Crippen molar-refractivity contribution in [2.24, 2.45) is 17.8 Å². The van der Waals surface area contributed by atoms with Crippen LogP contribution in [0.1, 0.15) is 55.6 Å². The highest BCUT2D eigenvalue weighted by Gasteiger charge is 2.42. The quantitative estimate of drug-likeness (QED) is 0.710. The molecule has 2 aliphatic carbocycles. The Kier molecular flexibility index (Phi) is 5.63. The van der Waals surface area contributed by atoms with E-state index in [0.717, 1.165) is 17.2 Å². The molecule has 6 nitrogen and oxygen atoms in total. The van der Waals surface area contributed by atoms with Gasteiger partial charge in [0.2, 0.25) is 5.76 Å². The number of carbonyl (C=O) groups is 2. The molecule has 2 fully saturated rings. The molecular weight excluding hydrogens is 370 g/mol. The van der Waals surface area contributed by atoms with Gasteiger partial charge in [-0.3, -0.25) is 4.79 Å². The number of para-hydroxylation sites is 1. The molecule has 1 amide bonds. The molecule has 2 aliphatic rings. The van der Waals surface area contributed by atoms with Crippen LogP contribution in [0.25, 0.3) is 11.0 Å². The second kappa shape index (κ2) is 8.19. The van der Waals surface area contributed by atoms with Crippen LogP contribution in [0, 0.1) is 17.8 Å². The summed E-state index contributed by atoms with van der Waals surface area (Å²) in [7, 11) is 1.56. The van der Waals surface area contributed by atoms with Crippen LogP contribution in [-0.2, 0) is 20.9 Å². The van der Waals surface area contributed by atoms with Gasteiger partial charge in [-0.1, -0.05) is 24.6 Å². The third kappa shape index (κ3) is 3.90. The fraction of sp³-hybridized carbons (Fsp3) is 0.565. The van der Waals surface area contributed by atoms with E-state index in [9.17, 15) is 9.59 Å². The first kappa shape index (κ1) is 20.0. The Morgan fingerprint density at radius 1 is 1.21 bits per heavy atom. The van der Waals surface area contributed by atoms with E-state index in [2.05, 4.69) is 12.2 Å². The lowest BCUT2D eigenvalue weighted by molar-refractivity contribution is -0.130. The van der Waals surface area contributed by atoms with Crippen molar-refractivity contribution >= 4 is 22.8 Å². The van der Waals surface area contributed by atoms with Crippen molar-refractivity contribution in [3.8, 4) is 0 Å². The number of ether oxygens (including phenoxy) is 2. The lowest BCUT2D eigenvalue weighted by Crippen LogP contribution is -2.45. The van der Waals surface area contributed by atoms with Crippen molar-refractivity contribution in [3.05, 3.63) is 35.6 Å². The Balaban J connectivity index is 1.40. The molecule has 6 heteroatoms. The molecule has 2 aromatic rings. The van der Waals surface area contributed by atoms with Gasteiger partial charge in [0.15, 0.2) is 6.10 Å². The SMILES string of the molecule is COCc1c(C(=O)O[C@H](C)C(=O)N[C@H](C)[C@@H]2C[C@H]3CC[C@H]2C3)oc2ccccc12. The number of carbonyl (C=O) groups excluding carboxylic acids is 2. The number of hydrogen-bond acceptors (Lipinski definition) is 5. The zero-order chi connectivity index (χ0) is 20.5. The molecule has 4 rings (SSSR count). The van der Waals surface area contributed by atoms with E-state index in [1.807, 2.05) is 18.2 Å². The topological polar surface area (TPSA) is 77.8 Å². The number of furan rings is 1. The van der Waals surface area contributed by atoms with Crippen molar-refractivity contribution in [2.45, 2.75) is 58.3 Å². The highest BCUT2D eigenvalue weighted by atomic mass is 16.6. The maximum atomic E-state index is 12.7. The molecule has 1 aromatic carbocycles. The van der Waals surface area contributed by atoms with Crippen molar-refractivity contribution in [2.75, 3.05) is 7.11 Å². The summed E-state index contributed by atoms with van der Waals surface area (Å²) in [6, 6.07) is 7.47. The molecule has 0 aliphatic heterocycles. The number of hydrogen-bond donors (Lipinski definition) is 1. The summed E-state index contributed by atoms with van der Waals surface area (Å²) in [4.78, 5) is 25.3. The molecule has 0 radical (unpaired) electrons. The van der Waals surface area contributed by atoms with E-state index >= 15 is 0 Å². The van der Waals surface area contributed by atoms with Crippen LogP contribution >= 0.6 is 0 Å². The van der Waals surface area contributed by atoms with E-state index in [1.54, 1.807) is 20.1 Å². The summed E-state index contributed by atoms with van der Waals surface area (Å²) >= 11 is 0. The summed E-state index contributed by atoms with van der Waals surface area (Å²) in [5.74, 6) is 1.26. The highest BCUT2D eigenvalue weighted by molar-refractivity contribution is 5.97. The van der Waals surface area contributed by atoms with Crippen molar-refractivity contribution in [3.63, 3.8) is 0 Å². The number of amides is 1. The third-order valence-electron chi connectivity index (χ3n) is 6.63. The molecule has 0 unspecified atom stereocenters. The summed E-state index contributed by atoms with van der Waals surface area (Å²) in [6.07, 6.45) is 4.20. The van der Waals surface area contributed by atoms with E-state index in [4.69, 9.17) is 13.9 Å². The van der Waals surface area contributed by atoms with Gasteiger partial charge >= 0.3 is 5.97 Å². The normalized spacial score (nSPS) is 25.1. The molecule has 2 saturated carbocycles. The molecule has 29 heavy (non-hydrogen) atoms. The van der Waals surface area contributed by atoms with Crippen LogP contribution in [0.4, 0.5) is 0 Å². The second-order valence-corrected chi connectivity index (χ2v) is 8.52. The molecule has 0 spiro atoms. The van der Waals surface area contributed by atoms with Gasteiger partial charge in [-0.05, 0) is 56.9 Å². The Hall–Kier alpha value is -2.34. The minimum absolute atomic E-state index is 0.0915. The standard InChI is InChI=1S/C23H29NO5/c1-13(18-11-15-8-9-16(18)10-15)24-22(25)14(2)28-23(26)21-19(12-27-3)17-6-4-5-7-20(17)29-21/h4-7,13-16,18H,8-12H2,1-3H3,(H,24,25)/t13-,14-,15+,16+,18+/m1/s1. The number of methoxy groups -OCH3 is 1. The Labute approximate surface area is 170 Å². The zero-order valence-corrected chi connectivity index (χ0v) is 17.3. The van der Waals surface area contributed by atoms with Crippen LogP contribution in [0.5, 0.6) is 0 Å². The van der Waals surface area contributed by atoms with Crippen LogP contribution in [0.15, 0.2) is 28.7 Å². The minimum Gasteiger partial charge on any atom is -0.449 e. The summed E-state index contributed by atoms with van der Waals surface area (Å²) < 4.78 is 16.4. The van der Waals surface area contributed by atoms with Crippen LogP contribution in [0.3, 0.4) is 0 Å². The van der Waals surface area contributed by atoms with Gasteiger partial charge in [0.05, 0.1) is 6.61 Å². The smallest absolute Gasteiger partial charge is 0.375 e. The van der Waals surface area contributed by atoms with Gasteiger partial charge in [-0.25, -0.2) is 4.79 Å². The number of benzene rings is 1. The summed E-state index contributed by atoms with van der Waals surface area (Å²) in [5.41, 5.74) is 1.23. The molecule has 5 atom stereocenters. The molecular formula is C23H29NO5. The maximum Gasteiger partial charge on any atom is 0.375 e. The lowest BCUT2D eigenvalue weighted by atomic mass is 9.84. The second-order valence-electron chi connectivity index (χ2n) is 8.52. The highest BCUT2D eigenvalue weighted by Crippen LogP contribution is 2.49. The lowest BCUT2D eigenvalue weighted by Gasteiger charge is -2.29. The largest absolute Gasteiger partial charge is 0.449 e. The molecule has 1 heterocycles. The number of rotatable bonds is 7. The molecule has 156 valence electrons. The predicted molar refractivity (Wildman–Crippen MR) is 108 cm³/mol. The van der Waals surface area contributed by atoms with E-state index < -0.39 is 12.1 Å². The van der Waals surface area contributed by atoms with E-state index in [-0.39, 0.29) is 24.3 Å². The fourth-order valence-electron chi connectivity index (χ4n) is 5.17. The average Bonchev–Trinajstić information content (AvgIpc) is 3.42. The first-order valence-electron chi connectivity index (χ1n) is 10.5. The minimum atomic E-state index is -0.896. The monoisotopic (exact) mass is 399 g/mol. The van der Waals surface area contributed by atoms with Crippen LogP contribution in [-0.4, -0.2) is 31.1 Å². The molecule has 1 N–H and O–H groups in total. The number of fused-ring (bicyclic) bond motifs is 3. The van der Waals surface area contributed by atoms with Gasteiger partial charge < -0.3 is 19.2 Å². The van der Waals surface area contributed by atoms with Gasteiger partial charge in [0.1, 0.15) is 5.58 Å². The summed E-state index contributed by atoms with van der Waals surface area (Å²) in [5, 5.41) is 3.87. The van der Waals surface area contributed by atoms with Gasteiger partial charge in [-0.15, -0.1) is 0 Å². The van der Waals surface area contributed by atoms with E-state index in [1.165, 1.54) is 25.7 Å².